The third-order valence-electron chi connectivity index (χ3n) is 2.46. The Labute approximate surface area is 99.1 Å². The predicted octanol–water partition coefficient (Wildman–Crippen LogP) is 2.69. The highest BCUT2D eigenvalue weighted by molar-refractivity contribution is 5.50. The maximum absolute atomic E-state index is 13.3. The number of ether oxygens (including phenoxy) is 1. The zero-order chi connectivity index (χ0) is 12.3. The molecule has 0 spiro atoms. The topological polar surface area (TPSA) is 48.1 Å². The number of rotatable bonds is 3. The summed E-state index contributed by atoms with van der Waals surface area (Å²) in [6.45, 7) is 2.01. The molecular formula is C13H13FN2O. The molecule has 1 aromatic carbocycles. The number of anilines is 1. The van der Waals surface area contributed by atoms with Crippen molar-refractivity contribution in [3.63, 3.8) is 0 Å². The van der Waals surface area contributed by atoms with Gasteiger partial charge in [-0.2, -0.15) is 0 Å². The molecule has 0 amide bonds. The molecule has 17 heavy (non-hydrogen) atoms. The number of halogens is 1. The van der Waals surface area contributed by atoms with Crippen LogP contribution >= 0.6 is 0 Å². The second-order valence-electron chi connectivity index (χ2n) is 3.74. The van der Waals surface area contributed by atoms with Gasteiger partial charge in [0, 0.05) is 18.0 Å². The van der Waals surface area contributed by atoms with E-state index in [9.17, 15) is 4.39 Å². The summed E-state index contributed by atoms with van der Waals surface area (Å²) in [5.41, 5.74) is 7.68. The highest BCUT2D eigenvalue weighted by Gasteiger charge is 2.04. The number of nitrogens with zero attached hydrogens (tertiary/aromatic N) is 1. The number of nitrogens with two attached hydrogens (primary N) is 1. The first-order valence-electron chi connectivity index (χ1n) is 5.25. The quantitative estimate of drug-likeness (QED) is 0.828. The van der Waals surface area contributed by atoms with Crippen molar-refractivity contribution in [3.05, 3.63) is 53.6 Å². The number of hydrogen-bond acceptors (Lipinski definition) is 3. The van der Waals surface area contributed by atoms with Crippen molar-refractivity contribution in [1.29, 1.82) is 0 Å². The van der Waals surface area contributed by atoms with Crippen molar-refractivity contribution in [2.45, 2.75) is 13.5 Å². The van der Waals surface area contributed by atoms with Gasteiger partial charge >= 0.3 is 0 Å². The zero-order valence-corrected chi connectivity index (χ0v) is 9.48. The lowest BCUT2D eigenvalue weighted by molar-refractivity contribution is 0.294. The molecule has 3 nitrogen and oxygen atoms in total. The normalized spacial score (nSPS) is 10.2. The molecule has 1 aromatic heterocycles. The Morgan fingerprint density at radius 3 is 2.88 bits per heavy atom. The highest BCUT2D eigenvalue weighted by Crippen LogP contribution is 2.20. The Balaban J connectivity index is 2.08. The van der Waals surface area contributed by atoms with Crippen LogP contribution in [0.3, 0.4) is 0 Å². The van der Waals surface area contributed by atoms with Gasteiger partial charge in [0.1, 0.15) is 23.9 Å². The molecule has 88 valence electrons. The molecule has 0 bridgehead atoms. The van der Waals surface area contributed by atoms with Crippen molar-refractivity contribution >= 4 is 5.69 Å². The first-order chi connectivity index (χ1) is 8.16. The van der Waals surface area contributed by atoms with Crippen LogP contribution in [0.5, 0.6) is 5.75 Å². The van der Waals surface area contributed by atoms with E-state index in [2.05, 4.69) is 4.98 Å². The van der Waals surface area contributed by atoms with E-state index in [0.29, 0.717) is 11.4 Å². The Bertz CT molecular complexity index is 529. The van der Waals surface area contributed by atoms with Gasteiger partial charge < -0.3 is 10.5 Å². The van der Waals surface area contributed by atoms with Crippen LogP contribution in [0.1, 0.15) is 11.3 Å². The maximum Gasteiger partial charge on any atom is 0.148 e. The summed E-state index contributed by atoms with van der Waals surface area (Å²) in [5.74, 6) is 0.241. The van der Waals surface area contributed by atoms with Crippen LogP contribution in [0.25, 0.3) is 0 Å². The molecule has 2 aromatic rings. The predicted molar refractivity (Wildman–Crippen MR) is 64.1 cm³/mol. The van der Waals surface area contributed by atoms with E-state index < -0.39 is 0 Å². The fourth-order valence-electron chi connectivity index (χ4n) is 1.38. The summed E-state index contributed by atoms with van der Waals surface area (Å²) in [6.07, 6.45) is 1.53. The largest absolute Gasteiger partial charge is 0.487 e. The third-order valence-corrected chi connectivity index (χ3v) is 2.46. The molecule has 0 saturated carbocycles. The molecular weight excluding hydrogens is 219 g/mol. The van der Waals surface area contributed by atoms with E-state index in [1.165, 1.54) is 12.3 Å². The molecule has 0 aliphatic rings. The molecule has 0 radical (unpaired) electrons. The molecule has 0 aliphatic carbocycles. The summed E-state index contributed by atoms with van der Waals surface area (Å²) < 4.78 is 18.7. The van der Waals surface area contributed by atoms with Crippen LogP contribution in [0.4, 0.5) is 10.1 Å². The number of hydrogen-bond donors (Lipinski definition) is 1. The summed E-state index contributed by atoms with van der Waals surface area (Å²) in [4.78, 5) is 3.90. The van der Waals surface area contributed by atoms with Crippen LogP contribution in [0.15, 0.2) is 36.5 Å². The first kappa shape index (κ1) is 11.4. The van der Waals surface area contributed by atoms with Gasteiger partial charge in [-0.25, -0.2) is 4.39 Å². The van der Waals surface area contributed by atoms with Gasteiger partial charge in [0.2, 0.25) is 0 Å². The molecule has 0 saturated heterocycles. The van der Waals surface area contributed by atoms with Crippen molar-refractivity contribution in [3.8, 4) is 5.75 Å². The van der Waals surface area contributed by atoms with Gasteiger partial charge in [0.25, 0.3) is 0 Å². The smallest absolute Gasteiger partial charge is 0.148 e. The van der Waals surface area contributed by atoms with E-state index in [0.717, 1.165) is 5.56 Å². The number of aromatic nitrogens is 1. The number of benzene rings is 1. The Morgan fingerprint density at radius 1 is 1.35 bits per heavy atom. The minimum atomic E-state index is -0.368. The van der Waals surface area contributed by atoms with Crippen LogP contribution < -0.4 is 10.5 Å². The molecule has 0 fully saturated rings. The molecule has 2 N–H and O–H groups in total. The average molecular weight is 232 g/mol. The number of aryl methyl sites for hydroxylation is 1. The number of nitrogen functional groups attached to an aromatic ring is 1. The lowest BCUT2D eigenvalue weighted by atomic mass is 10.2. The lowest BCUT2D eigenvalue weighted by Crippen LogP contribution is -2.01. The van der Waals surface area contributed by atoms with Gasteiger partial charge in [-0.05, 0) is 30.7 Å². The van der Waals surface area contributed by atoms with Crippen LogP contribution in [0.2, 0.25) is 0 Å². The lowest BCUT2D eigenvalue weighted by Gasteiger charge is -2.08. The maximum atomic E-state index is 13.3. The Morgan fingerprint density at radius 2 is 2.18 bits per heavy atom. The summed E-state index contributed by atoms with van der Waals surface area (Å²) >= 11 is 0. The molecule has 0 atom stereocenters. The monoisotopic (exact) mass is 232 g/mol. The van der Waals surface area contributed by atoms with Crippen LogP contribution in [0, 0.1) is 12.7 Å². The van der Waals surface area contributed by atoms with Crippen molar-refractivity contribution in [1.82, 2.24) is 4.98 Å². The SMILES string of the molecule is Cc1ccc(OCc2ncccc2F)cc1N. The van der Waals surface area contributed by atoms with E-state index in [1.54, 1.807) is 18.2 Å². The van der Waals surface area contributed by atoms with Gasteiger partial charge in [-0.3, -0.25) is 4.98 Å². The molecule has 0 aliphatic heterocycles. The van der Waals surface area contributed by atoms with Crippen molar-refractivity contribution in [2.75, 3.05) is 5.73 Å². The van der Waals surface area contributed by atoms with Crippen LogP contribution in [-0.2, 0) is 6.61 Å². The van der Waals surface area contributed by atoms with Gasteiger partial charge in [0.05, 0.1) is 0 Å². The van der Waals surface area contributed by atoms with Crippen molar-refractivity contribution in [2.24, 2.45) is 0 Å². The standard InChI is InChI=1S/C13H13FN2O/c1-9-4-5-10(7-12(9)15)17-8-13-11(14)3-2-6-16-13/h2-7H,8,15H2,1H3. The fraction of sp³-hybridized carbons (Fsp3) is 0.154. The minimum absolute atomic E-state index is 0.0924. The Kier molecular flexibility index (Phi) is 3.23. The molecule has 4 heteroatoms. The van der Waals surface area contributed by atoms with E-state index in [1.807, 2.05) is 13.0 Å². The second-order valence-corrected chi connectivity index (χ2v) is 3.74. The minimum Gasteiger partial charge on any atom is -0.487 e. The van der Waals surface area contributed by atoms with Gasteiger partial charge in [-0.1, -0.05) is 6.07 Å². The van der Waals surface area contributed by atoms with Crippen molar-refractivity contribution < 1.29 is 9.13 Å². The first-order valence-corrected chi connectivity index (χ1v) is 5.25. The summed E-state index contributed by atoms with van der Waals surface area (Å²) in [5, 5.41) is 0. The summed E-state index contributed by atoms with van der Waals surface area (Å²) in [6, 6.07) is 8.28. The fourth-order valence-corrected chi connectivity index (χ4v) is 1.38. The second kappa shape index (κ2) is 4.82. The average Bonchev–Trinajstić information content (AvgIpc) is 2.32. The zero-order valence-electron chi connectivity index (χ0n) is 9.48. The van der Waals surface area contributed by atoms with E-state index in [4.69, 9.17) is 10.5 Å². The van der Waals surface area contributed by atoms with E-state index in [-0.39, 0.29) is 18.1 Å². The number of pyridine rings is 1. The highest BCUT2D eigenvalue weighted by atomic mass is 19.1. The third kappa shape index (κ3) is 2.72. The van der Waals surface area contributed by atoms with Gasteiger partial charge in [0.15, 0.2) is 0 Å². The molecule has 2 rings (SSSR count). The Hall–Kier alpha value is -2.10. The van der Waals surface area contributed by atoms with E-state index >= 15 is 0 Å². The van der Waals surface area contributed by atoms with Gasteiger partial charge in [-0.15, -0.1) is 0 Å². The van der Waals surface area contributed by atoms with Crippen LogP contribution in [-0.4, -0.2) is 4.98 Å². The summed E-state index contributed by atoms with van der Waals surface area (Å²) in [7, 11) is 0. The molecule has 1 heterocycles. The molecule has 0 unspecified atom stereocenters.